The van der Waals surface area contributed by atoms with E-state index in [1.807, 2.05) is 0 Å². The van der Waals surface area contributed by atoms with Crippen LogP contribution in [-0.2, 0) is 6.18 Å². The number of nitrogens with one attached hydrogen (secondary N) is 2. The lowest BCUT2D eigenvalue weighted by Crippen LogP contribution is -2.44. The van der Waals surface area contributed by atoms with Gasteiger partial charge in [0.25, 0.3) is 5.91 Å². The fraction of sp³-hybridized carbons (Fsp3) is 0.353. The molecule has 9 heteroatoms. The summed E-state index contributed by atoms with van der Waals surface area (Å²) in [5.74, 6) is -1.02. The van der Waals surface area contributed by atoms with Crippen LogP contribution in [0.3, 0.4) is 0 Å². The summed E-state index contributed by atoms with van der Waals surface area (Å²) in [6.45, 7) is 4.08. The Morgan fingerprint density at radius 1 is 1.19 bits per heavy atom. The van der Waals surface area contributed by atoms with Gasteiger partial charge in [0, 0.05) is 38.4 Å². The summed E-state index contributed by atoms with van der Waals surface area (Å²) in [5, 5.41) is 5.47. The molecule has 1 aromatic carbocycles. The largest absolute Gasteiger partial charge is 0.417 e. The molecule has 1 heterocycles. The average Bonchev–Trinajstić information content (AvgIpc) is 2.60. The number of nitrogens with two attached hydrogens (primary N) is 2. The Kier molecular flexibility index (Phi) is 6.64. The van der Waals surface area contributed by atoms with Crippen molar-refractivity contribution in [2.45, 2.75) is 6.18 Å². The van der Waals surface area contributed by atoms with Crippen LogP contribution in [0.1, 0.15) is 15.9 Å². The Morgan fingerprint density at radius 3 is 2.50 bits per heavy atom. The summed E-state index contributed by atoms with van der Waals surface area (Å²) in [6.07, 6.45) is -1.72. The van der Waals surface area contributed by atoms with Crippen molar-refractivity contribution in [2.75, 3.05) is 32.7 Å². The number of benzene rings is 1. The van der Waals surface area contributed by atoms with Crippen molar-refractivity contribution < 1.29 is 18.0 Å². The van der Waals surface area contributed by atoms with E-state index in [9.17, 15) is 18.0 Å². The minimum Gasteiger partial charge on any atom is -0.401 e. The van der Waals surface area contributed by atoms with Crippen LogP contribution in [0.15, 0.2) is 47.9 Å². The Morgan fingerprint density at radius 2 is 1.85 bits per heavy atom. The second-order valence-corrected chi connectivity index (χ2v) is 5.89. The minimum absolute atomic E-state index is 0.0877. The van der Waals surface area contributed by atoms with Gasteiger partial charge in [-0.1, -0.05) is 12.1 Å². The number of carbonyl (C=O) groups excluding carboxylic acids is 1. The molecule has 0 aromatic heterocycles. The van der Waals surface area contributed by atoms with Gasteiger partial charge in [0.1, 0.15) is 5.82 Å². The second-order valence-electron chi connectivity index (χ2n) is 5.89. The number of halogens is 3. The van der Waals surface area contributed by atoms with Crippen molar-refractivity contribution in [3.05, 3.63) is 59.1 Å². The van der Waals surface area contributed by atoms with Gasteiger partial charge in [0.15, 0.2) is 0 Å². The summed E-state index contributed by atoms with van der Waals surface area (Å²) in [4.78, 5) is 14.2. The summed E-state index contributed by atoms with van der Waals surface area (Å²) < 4.78 is 38.9. The molecule has 0 aliphatic carbocycles. The monoisotopic (exact) mass is 369 g/mol. The number of piperazine rings is 1. The number of nitrogens with zero attached hydrogens (tertiary/aromatic N) is 1. The Bertz CT molecular complexity index is 694. The molecule has 0 atom stereocenters. The van der Waals surface area contributed by atoms with Gasteiger partial charge in [-0.2, -0.15) is 13.2 Å². The molecule has 6 N–H and O–H groups in total. The number of alkyl halides is 3. The highest BCUT2D eigenvalue weighted by atomic mass is 19.4. The summed E-state index contributed by atoms with van der Waals surface area (Å²) in [7, 11) is 0. The molecule has 0 radical (unpaired) electrons. The maximum atomic E-state index is 13.0. The van der Waals surface area contributed by atoms with E-state index in [0.717, 1.165) is 38.3 Å². The zero-order valence-electron chi connectivity index (χ0n) is 14.1. The highest BCUT2D eigenvalue weighted by Crippen LogP contribution is 2.31. The lowest BCUT2D eigenvalue weighted by Gasteiger charge is -2.27. The first kappa shape index (κ1) is 19.8. The van der Waals surface area contributed by atoms with Crippen LogP contribution in [0.5, 0.6) is 0 Å². The Balaban J connectivity index is 2.00. The van der Waals surface area contributed by atoms with Crippen molar-refractivity contribution >= 4 is 5.91 Å². The number of carbonyl (C=O) groups is 1. The van der Waals surface area contributed by atoms with Gasteiger partial charge >= 0.3 is 6.18 Å². The third-order valence-electron chi connectivity index (χ3n) is 3.83. The molecule has 2 rings (SSSR count). The lowest BCUT2D eigenvalue weighted by molar-refractivity contribution is -0.137. The summed E-state index contributed by atoms with van der Waals surface area (Å²) in [6, 6.07) is 4.52. The van der Waals surface area contributed by atoms with Gasteiger partial charge < -0.3 is 22.1 Å². The second kappa shape index (κ2) is 8.72. The van der Waals surface area contributed by atoms with Gasteiger partial charge in [0.2, 0.25) is 0 Å². The molecule has 0 spiro atoms. The van der Waals surface area contributed by atoms with Gasteiger partial charge in [-0.15, -0.1) is 0 Å². The van der Waals surface area contributed by atoms with Crippen LogP contribution in [0.25, 0.3) is 0 Å². The highest BCUT2D eigenvalue weighted by Gasteiger charge is 2.34. The SMILES string of the molecule is N/C(=C\C=C(/N)NC(=O)c1ccccc1C(F)(F)F)CN1CCNCC1. The van der Waals surface area contributed by atoms with E-state index < -0.39 is 23.2 Å². The number of amides is 1. The maximum absolute atomic E-state index is 13.0. The molecule has 1 aliphatic heterocycles. The first-order valence-corrected chi connectivity index (χ1v) is 8.10. The van der Waals surface area contributed by atoms with Crippen molar-refractivity contribution in [3.8, 4) is 0 Å². The molecule has 1 amide bonds. The van der Waals surface area contributed by atoms with Crippen molar-refractivity contribution in [1.82, 2.24) is 15.5 Å². The average molecular weight is 369 g/mol. The van der Waals surface area contributed by atoms with E-state index in [1.54, 1.807) is 0 Å². The molecule has 6 nitrogen and oxygen atoms in total. The molecular weight excluding hydrogens is 347 g/mol. The van der Waals surface area contributed by atoms with Crippen LogP contribution >= 0.6 is 0 Å². The quantitative estimate of drug-likeness (QED) is 0.581. The normalized spacial score (nSPS) is 17.2. The van der Waals surface area contributed by atoms with Crippen LogP contribution in [0.2, 0.25) is 0 Å². The fourth-order valence-electron chi connectivity index (χ4n) is 2.55. The molecule has 0 saturated carbocycles. The maximum Gasteiger partial charge on any atom is 0.417 e. The topological polar surface area (TPSA) is 96.4 Å². The molecule has 26 heavy (non-hydrogen) atoms. The zero-order chi connectivity index (χ0) is 19.2. The summed E-state index contributed by atoms with van der Waals surface area (Å²) in [5.41, 5.74) is 10.6. The van der Waals surface area contributed by atoms with Gasteiger partial charge in [0.05, 0.1) is 11.1 Å². The van der Waals surface area contributed by atoms with E-state index in [-0.39, 0.29) is 5.82 Å². The zero-order valence-corrected chi connectivity index (χ0v) is 14.1. The van der Waals surface area contributed by atoms with Crippen molar-refractivity contribution in [2.24, 2.45) is 11.5 Å². The Hall–Kier alpha value is -2.52. The predicted molar refractivity (Wildman–Crippen MR) is 92.8 cm³/mol. The first-order chi connectivity index (χ1) is 12.3. The van der Waals surface area contributed by atoms with Crippen LogP contribution in [0.4, 0.5) is 13.2 Å². The molecule has 142 valence electrons. The first-order valence-electron chi connectivity index (χ1n) is 8.10. The van der Waals surface area contributed by atoms with Crippen molar-refractivity contribution in [1.29, 1.82) is 0 Å². The van der Waals surface area contributed by atoms with Crippen LogP contribution in [-0.4, -0.2) is 43.5 Å². The molecule has 1 saturated heterocycles. The van der Waals surface area contributed by atoms with Crippen LogP contribution < -0.4 is 22.1 Å². The van der Waals surface area contributed by atoms with Crippen LogP contribution in [0, 0.1) is 0 Å². The van der Waals surface area contributed by atoms with Gasteiger partial charge in [-0.3, -0.25) is 9.69 Å². The third-order valence-corrected chi connectivity index (χ3v) is 3.83. The molecule has 1 fully saturated rings. The third kappa shape index (κ3) is 5.78. The van der Waals surface area contributed by atoms with E-state index >= 15 is 0 Å². The number of hydrogen-bond acceptors (Lipinski definition) is 5. The van der Waals surface area contributed by atoms with E-state index in [0.29, 0.717) is 12.2 Å². The fourth-order valence-corrected chi connectivity index (χ4v) is 2.55. The predicted octanol–water partition coefficient (Wildman–Crippen LogP) is 0.983. The smallest absolute Gasteiger partial charge is 0.401 e. The lowest BCUT2D eigenvalue weighted by atomic mass is 10.1. The highest BCUT2D eigenvalue weighted by molar-refractivity contribution is 5.96. The van der Waals surface area contributed by atoms with E-state index in [4.69, 9.17) is 11.5 Å². The molecule has 0 bridgehead atoms. The number of hydrogen-bond donors (Lipinski definition) is 4. The standard InChI is InChI=1S/C17H22F3N5O/c18-17(19,20)14-4-2-1-3-13(14)16(26)24-15(22)6-5-12(21)11-25-9-7-23-8-10-25/h1-6,23H,7-11,21-22H2,(H,24,26)/b12-5-,15-6+. The van der Waals surface area contributed by atoms with Gasteiger partial charge in [-0.25, -0.2) is 0 Å². The molecule has 0 unspecified atom stereocenters. The molecular formula is C17H22F3N5O. The molecule has 1 aromatic rings. The van der Waals surface area contributed by atoms with Gasteiger partial charge in [-0.05, 0) is 24.3 Å². The number of allylic oxidation sites excluding steroid dienone is 2. The summed E-state index contributed by atoms with van der Waals surface area (Å²) >= 11 is 0. The Labute approximate surface area is 149 Å². The van der Waals surface area contributed by atoms with E-state index in [1.165, 1.54) is 24.3 Å². The van der Waals surface area contributed by atoms with Crippen molar-refractivity contribution in [3.63, 3.8) is 0 Å². The molecule has 1 aliphatic rings. The van der Waals surface area contributed by atoms with E-state index in [2.05, 4.69) is 15.5 Å². The minimum atomic E-state index is -4.62. The number of rotatable bonds is 5.